The third-order valence-electron chi connectivity index (χ3n) is 4.00. The van der Waals surface area contributed by atoms with Crippen molar-refractivity contribution < 1.29 is 48.3 Å². The van der Waals surface area contributed by atoms with E-state index in [-0.39, 0.29) is 24.3 Å². The molecular formula is C22H32O10. The smallest absolute Gasteiger partial charge is 0.338 e. The summed E-state index contributed by atoms with van der Waals surface area (Å²) in [4.78, 5) is 45.0. The van der Waals surface area contributed by atoms with E-state index in [1.165, 1.54) is 26.4 Å². The van der Waals surface area contributed by atoms with Crippen LogP contribution in [0.4, 0.5) is 0 Å². The van der Waals surface area contributed by atoms with Crippen molar-refractivity contribution in [2.24, 2.45) is 0 Å². The summed E-state index contributed by atoms with van der Waals surface area (Å²) >= 11 is 0. The van der Waals surface area contributed by atoms with Crippen LogP contribution in [0, 0.1) is 0 Å². The van der Waals surface area contributed by atoms with Gasteiger partial charge in [0.1, 0.15) is 0 Å². The average molecular weight is 456 g/mol. The standard InChI is InChI=1S/C12H22O6.C10H10O4/c1-3-5-7-17-11(15)9(13)10(14)12(16)18-8-6-4-2;1-13-9(11)7-5-3-4-6-8(7)10(12)14-2/h9-10,13-14H,3-8H2,1-2H3;3-6H,1-2H3. The molecule has 2 N–H and O–H groups in total. The second-order valence-electron chi connectivity index (χ2n) is 6.46. The molecule has 1 aromatic carbocycles. The van der Waals surface area contributed by atoms with Gasteiger partial charge in [-0.1, -0.05) is 38.8 Å². The number of unbranched alkanes of at least 4 members (excludes halogenated alkanes) is 2. The molecule has 0 saturated carbocycles. The van der Waals surface area contributed by atoms with Crippen molar-refractivity contribution in [3.8, 4) is 0 Å². The SMILES string of the molecule is CCCCOC(=O)C(O)C(O)C(=O)OCCCC.COC(=O)c1ccccc1C(=O)OC. The van der Waals surface area contributed by atoms with E-state index in [0.29, 0.717) is 12.8 Å². The average Bonchev–Trinajstić information content (AvgIpc) is 2.82. The number of aliphatic hydroxyl groups is 2. The number of carbonyl (C=O) groups is 4. The zero-order chi connectivity index (χ0) is 24.5. The number of methoxy groups -OCH3 is 2. The van der Waals surface area contributed by atoms with Crippen LogP contribution in [0.2, 0.25) is 0 Å². The Kier molecular flexibility index (Phi) is 15.1. The molecule has 0 fully saturated rings. The number of hydrogen-bond acceptors (Lipinski definition) is 10. The Morgan fingerprint density at radius 3 is 1.38 bits per heavy atom. The van der Waals surface area contributed by atoms with E-state index in [2.05, 4.69) is 18.9 Å². The Bertz CT molecular complexity index is 670. The van der Waals surface area contributed by atoms with Gasteiger partial charge in [0.15, 0.2) is 12.2 Å². The lowest BCUT2D eigenvalue weighted by atomic mass is 10.1. The molecule has 10 heteroatoms. The lowest BCUT2D eigenvalue weighted by molar-refractivity contribution is -0.173. The predicted octanol–water partition coefficient (Wildman–Crippen LogP) is 1.65. The number of hydrogen-bond donors (Lipinski definition) is 2. The summed E-state index contributed by atoms with van der Waals surface area (Å²) in [5, 5.41) is 18.8. The first-order valence-corrected chi connectivity index (χ1v) is 10.2. The highest BCUT2D eigenvalue weighted by Gasteiger charge is 2.32. The molecule has 180 valence electrons. The van der Waals surface area contributed by atoms with E-state index in [4.69, 9.17) is 0 Å². The number of rotatable bonds is 11. The summed E-state index contributed by atoms with van der Waals surface area (Å²) in [7, 11) is 2.52. The first kappa shape index (κ1) is 29.0. The zero-order valence-electron chi connectivity index (χ0n) is 18.9. The molecule has 10 nitrogen and oxygen atoms in total. The van der Waals surface area contributed by atoms with E-state index in [9.17, 15) is 29.4 Å². The molecule has 2 unspecified atom stereocenters. The van der Waals surface area contributed by atoms with Crippen LogP contribution in [-0.2, 0) is 28.5 Å². The molecule has 32 heavy (non-hydrogen) atoms. The fraction of sp³-hybridized carbons (Fsp3) is 0.545. The van der Waals surface area contributed by atoms with Crippen LogP contribution in [0.1, 0.15) is 60.2 Å². The minimum atomic E-state index is -1.89. The van der Waals surface area contributed by atoms with Crippen molar-refractivity contribution in [2.45, 2.75) is 51.7 Å². The van der Waals surface area contributed by atoms with Crippen LogP contribution in [0.25, 0.3) is 0 Å². The van der Waals surface area contributed by atoms with Gasteiger partial charge >= 0.3 is 23.9 Å². The summed E-state index contributed by atoms with van der Waals surface area (Å²) in [6.07, 6.45) is -0.784. The maximum atomic E-state index is 11.3. The highest BCUT2D eigenvalue weighted by atomic mass is 16.6. The molecule has 0 heterocycles. The lowest BCUT2D eigenvalue weighted by Crippen LogP contribution is -2.41. The maximum absolute atomic E-state index is 11.3. The van der Waals surface area contributed by atoms with Crippen LogP contribution in [0.3, 0.4) is 0 Å². The van der Waals surface area contributed by atoms with Crippen molar-refractivity contribution in [3.63, 3.8) is 0 Å². The second-order valence-corrected chi connectivity index (χ2v) is 6.46. The van der Waals surface area contributed by atoms with Crippen LogP contribution in [0.15, 0.2) is 24.3 Å². The number of benzene rings is 1. The molecule has 0 spiro atoms. The number of ether oxygens (including phenoxy) is 4. The van der Waals surface area contributed by atoms with Gasteiger partial charge in [0, 0.05) is 0 Å². The molecule has 0 radical (unpaired) electrons. The van der Waals surface area contributed by atoms with E-state index in [1.807, 2.05) is 13.8 Å². The number of esters is 4. The normalized spacial score (nSPS) is 11.8. The Hall–Kier alpha value is -2.98. The van der Waals surface area contributed by atoms with Crippen molar-refractivity contribution in [3.05, 3.63) is 35.4 Å². The molecular weight excluding hydrogens is 424 g/mol. The van der Waals surface area contributed by atoms with Gasteiger partial charge in [-0.05, 0) is 25.0 Å². The molecule has 0 aliphatic carbocycles. The van der Waals surface area contributed by atoms with Crippen LogP contribution in [0.5, 0.6) is 0 Å². The molecule has 0 aliphatic rings. The molecule has 1 aromatic rings. The summed E-state index contributed by atoms with van der Waals surface area (Å²) in [5.74, 6) is -3.12. The monoisotopic (exact) mass is 456 g/mol. The van der Waals surface area contributed by atoms with Crippen LogP contribution >= 0.6 is 0 Å². The van der Waals surface area contributed by atoms with Gasteiger partial charge in [-0.25, -0.2) is 19.2 Å². The van der Waals surface area contributed by atoms with Crippen molar-refractivity contribution in [1.82, 2.24) is 0 Å². The molecule has 2 atom stereocenters. The third kappa shape index (κ3) is 10.4. The quantitative estimate of drug-likeness (QED) is 0.286. The van der Waals surface area contributed by atoms with Gasteiger partial charge in [0.05, 0.1) is 38.6 Å². The van der Waals surface area contributed by atoms with Gasteiger partial charge in [-0.2, -0.15) is 0 Å². The topological polar surface area (TPSA) is 146 Å². The molecule has 0 amide bonds. The molecule has 0 bridgehead atoms. The number of carbonyl (C=O) groups excluding carboxylic acids is 4. The Morgan fingerprint density at radius 2 is 1.09 bits per heavy atom. The first-order valence-electron chi connectivity index (χ1n) is 10.2. The Balaban J connectivity index is 0.000000618. The van der Waals surface area contributed by atoms with E-state index in [0.717, 1.165) is 12.8 Å². The minimum absolute atomic E-state index is 0.157. The molecule has 0 saturated heterocycles. The minimum Gasteiger partial charge on any atom is -0.465 e. The highest BCUT2D eigenvalue weighted by molar-refractivity contribution is 6.03. The van der Waals surface area contributed by atoms with Gasteiger partial charge < -0.3 is 29.2 Å². The lowest BCUT2D eigenvalue weighted by Gasteiger charge is -2.15. The van der Waals surface area contributed by atoms with Gasteiger partial charge in [0.25, 0.3) is 0 Å². The number of aliphatic hydroxyl groups excluding tert-OH is 2. The largest absolute Gasteiger partial charge is 0.465 e. The summed E-state index contributed by atoms with van der Waals surface area (Å²) in [6.45, 7) is 4.16. The summed E-state index contributed by atoms with van der Waals surface area (Å²) < 4.78 is 18.4. The van der Waals surface area contributed by atoms with E-state index >= 15 is 0 Å². The molecule has 0 aromatic heterocycles. The maximum Gasteiger partial charge on any atom is 0.338 e. The van der Waals surface area contributed by atoms with Crippen molar-refractivity contribution >= 4 is 23.9 Å². The Labute approximate surface area is 187 Å². The van der Waals surface area contributed by atoms with Gasteiger partial charge in [0.2, 0.25) is 0 Å². The third-order valence-corrected chi connectivity index (χ3v) is 4.00. The fourth-order valence-electron chi connectivity index (χ4n) is 2.12. The van der Waals surface area contributed by atoms with Crippen LogP contribution in [-0.4, -0.2) is 73.7 Å². The van der Waals surface area contributed by atoms with E-state index in [1.54, 1.807) is 12.1 Å². The summed E-state index contributed by atoms with van der Waals surface area (Å²) in [5.41, 5.74) is 0.420. The predicted molar refractivity (Wildman–Crippen MR) is 113 cm³/mol. The van der Waals surface area contributed by atoms with E-state index < -0.39 is 36.1 Å². The zero-order valence-corrected chi connectivity index (χ0v) is 18.9. The van der Waals surface area contributed by atoms with Gasteiger partial charge in [-0.3, -0.25) is 0 Å². The van der Waals surface area contributed by atoms with Crippen molar-refractivity contribution in [1.29, 1.82) is 0 Å². The fourth-order valence-corrected chi connectivity index (χ4v) is 2.12. The highest BCUT2D eigenvalue weighted by Crippen LogP contribution is 2.11. The van der Waals surface area contributed by atoms with Crippen molar-refractivity contribution in [2.75, 3.05) is 27.4 Å². The Morgan fingerprint density at radius 1 is 0.750 bits per heavy atom. The summed E-state index contributed by atoms with van der Waals surface area (Å²) in [6, 6.07) is 6.33. The second kappa shape index (κ2) is 16.7. The van der Waals surface area contributed by atoms with Crippen LogP contribution < -0.4 is 0 Å². The molecule has 0 aliphatic heterocycles. The van der Waals surface area contributed by atoms with Gasteiger partial charge in [-0.15, -0.1) is 0 Å². The first-order chi connectivity index (χ1) is 15.2. The molecule has 1 rings (SSSR count).